The highest BCUT2D eigenvalue weighted by molar-refractivity contribution is 5.87. The molecule has 0 aromatic heterocycles. The zero-order valence-electron chi connectivity index (χ0n) is 11.9. The van der Waals surface area contributed by atoms with Crippen molar-refractivity contribution in [1.82, 2.24) is 10.2 Å². The van der Waals surface area contributed by atoms with Crippen LogP contribution in [-0.2, 0) is 22.7 Å². The summed E-state index contributed by atoms with van der Waals surface area (Å²) in [5.74, 6) is -0.955. The average Bonchev–Trinajstić information content (AvgIpc) is 2.35. The van der Waals surface area contributed by atoms with Gasteiger partial charge in [-0.3, -0.25) is 9.59 Å². The van der Waals surface area contributed by atoms with Crippen LogP contribution >= 0.6 is 0 Å². The molecule has 0 aliphatic rings. The van der Waals surface area contributed by atoms with Gasteiger partial charge in [0.25, 0.3) is 0 Å². The van der Waals surface area contributed by atoms with Crippen molar-refractivity contribution in [3.8, 4) is 0 Å². The van der Waals surface area contributed by atoms with E-state index >= 15 is 0 Å². The van der Waals surface area contributed by atoms with Gasteiger partial charge in [0.05, 0.1) is 12.5 Å². The Morgan fingerprint density at radius 1 is 1.25 bits per heavy atom. The smallest absolute Gasteiger partial charge is 0.237 e. The van der Waals surface area contributed by atoms with Crippen molar-refractivity contribution >= 4 is 11.8 Å². The van der Waals surface area contributed by atoms with Gasteiger partial charge in [0.1, 0.15) is 0 Å². The Bertz CT molecular complexity index is 474. The van der Waals surface area contributed by atoms with Gasteiger partial charge in [0.2, 0.25) is 11.8 Å². The van der Waals surface area contributed by atoms with Crippen LogP contribution in [0.4, 0.5) is 0 Å². The Balaban J connectivity index is 2.61. The standard InChI is InChI=1S/C14H22N4O2/c1-18(2)9-11-6-4-3-5-10(11)8-17-14(20)12(15)7-13(16)19/h3-6,12H,7-9,15H2,1-2H3,(H2,16,19)(H,17,20). The maximum Gasteiger partial charge on any atom is 0.237 e. The van der Waals surface area contributed by atoms with Crippen molar-refractivity contribution in [1.29, 1.82) is 0 Å². The number of carbonyl (C=O) groups excluding carboxylic acids is 2. The van der Waals surface area contributed by atoms with Crippen LogP contribution in [0.15, 0.2) is 24.3 Å². The van der Waals surface area contributed by atoms with Crippen molar-refractivity contribution in [3.63, 3.8) is 0 Å². The molecule has 0 spiro atoms. The van der Waals surface area contributed by atoms with E-state index in [0.717, 1.165) is 17.7 Å². The molecule has 20 heavy (non-hydrogen) atoms. The molecular formula is C14H22N4O2. The second-order valence-electron chi connectivity index (χ2n) is 5.00. The normalized spacial score (nSPS) is 12.2. The number of primary amides is 1. The number of nitrogens with zero attached hydrogens (tertiary/aromatic N) is 1. The van der Waals surface area contributed by atoms with Crippen LogP contribution in [0.3, 0.4) is 0 Å². The molecule has 0 bridgehead atoms. The summed E-state index contributed by atoms with van der Waals surface area (Å²) >= 11 is 0. The van der Waals surface area contributed by atoms with Gasteiger partial charge < -0.3 is 21.7 Å². The van der Waals surface area contributed by atoms with Crippen molar-refractivity contribution in [2.45, 2.75) is 25.6 Å². The molecule has 0 fully saturated rings. The van der Waals surface area contributed by atoms with Gasteiger partial charge in [0.15, 0.2) is 0 Å². The van der Waals surface area contributed by atoms with Crippen molar-refractivity contribution in [2.75, 3.05) is 14.1 Å². The van der Waals surface area contributed by atoms with Gasteiger partial charge in [0, 0.05) is 13.1 Å². The van der Waals surface area contributed by atoms with Crippen LogP contribution in [0.25, 0.3) is 0 Å². The maximum atomic E-state index is 11.7. The Hall–Kier alpha value is -1.92. The number of nitrogens with two attached hydrogens (primary N) is 2. The van der Waals surface area contributed by atoms with Crippen LogP contribution in [-0.4, -0.2) is 36.9 Å². The lowest BCUT2D eigenvalue weighted by atomic mass is 10.1. The second-order valence-corrected chi connectivity index (χ2v) is 5.00. The number of nitrogens with one attached hydrogen (secondary N) is 1. The van der Waals surface area contributed by atoms with Gasteiger partial charge in [-0.15, -0.1) is 0 Å². The summed E-state index contributed by atoms with van der Waals surface area (Å²) in [5, 5.41) is 2.73. The molecule has 1 atom stereocenters. The van der Waals surface area contributed by atoms with Gasteiger partial charge >= 0.3 is 0 Å². The minimum atomic E-state index is -0.895. The topological polar surface area (TPSA) is 101 Å². The molecule has 0 aliphatic heterocycles. The molecule has 6 heteroatoms. The fourth-order valence-electron chi connectivity index (χ4n) is 1.85. The first kappa shape index (κ1) is 16.1. The number of hydrogen-bond acceptors (Lipinski definition) is 4. The average molecular weight is 278 g/mol. The van der Waals surface area contributed by atoms with E-state index in [1.54, 1.807) is 0 Å². The number of benzene rings is 1. The van der Waals surface area contributed by atoms with Gasteiger partial charge in [-0.05, 0) is 25.2 Å². The lowest BCUT2D eigenvalue weighted by Crippen LogP contribution is -2.42. The van der Waals surface area contributed by atoms with Crippen molar-refractivity contribution in [2.24, 2.45) is 11.5 Å². The van der Waals surface area contributed by atoms with E-state index in [0.29, 0.717) is 6.54 Å². The van der Waals surface area contributed by atoms with Crippen LogP contribution < -0.4 is 16.8 Å². The second kappa shape index (κ2) is 7.62. The first-order valence-corrected chi connectivity index (χ1v) is 6.43. The van der Waals surface area contributed by atoms with Gasteiger partial charge in [-0.1, -0.05) is 24.3 Å². The van der Waals surface area contributed by atoms with Crippen LogP contribution in [0.1, 0.15) is 17.5 Å². The number of amides is 2. The first-order chi connectivity index (χ1) is 9.40. The van der Waals surface area contributed by atoms with E-state index in [9.17, 15) is 9.59 Å². The van der Waals surface area contributed by atoms with E-state index in [4.69, 9.17) is 11.5 Å². The largest absolute Gasteiger partial charge is 0.370 e. The third-order valence-electron chi connectivity index (χ3n) is 2.82. The molecule has 1 unspecified atom stereocenters. The molecule has 5 N–H and O–H groups in total. The molecular weight excluding hydrogens is 256 g/mol. The van der Waals surface area contributed by atoms with E-state index in [2.05, 4.69) is 10.2 Å². The maximum absolute atomic E-state index is 11.7. The van der Waals surface area contributed by atoms with E-state index in [-0.39, 0.29) is 12.3 Å². The Labute approximate surface area is 119 Å². The van der Waals surface area contributed by atoms with E-state index < -0.39 is 11.9 Å². The monoisotopic (exact) mass is 278 g/mol. The number of carbonyl (C=O) groups is 2. The van der Waals surface area contributed by atoms with Crippen molar-refractivity contribution < 1.29 is 9.59 Å². The summed E-state index contributed by atoms with van der Waals surface area (Å²) in [7, 11) is 3.97. The molecule has 0 aliphatic carbocycles. The van der Waals surface area contributed by atoms with E-state index in [1.807, 2.05) is 38.4 Å². The number of rotatable bonds is 7. The summed E-state index contributed by atoms with van der Waals surface area (Å²) in [6.45, 7) is 1.18. The molecule has 1 rings (SSSR count). The third kappa shape index (κ3) is 5.38. The number of hydrogen-bond donors (Lipinski definition) is 3. The third-order valence-corrected chi connectivity index (χ3v) is 2.82. The van der Waals surface area contributed by atoms with Gasteiger partial charge in [-0.2, -0.15) is 0 Å². The molecule has 0 saturated heterocycles. The van der Waals surface area contributed by atoms with Crippen LogP contribution in [0, 0.1) is 0 Å². The molecule has 1 aromatic rings. The molecule has 2 amide bonds. The summed E-state index contributed by atoms with van der Waals surface area (Å²) in [5.41, 5.74) is 12.8. The minimum Gasteiger partial charge on any atom is -0.370 e. The zero-order chi connectivity index (χ0) is 15.1. The molecule has 0 saturated carbocycles. The van der Waals surface area contributed by atoms with Gasteiger partial charge in [-0.25, -0.2) is 0 Å². The summed E-state index contributed by atoms with van der Waals surface area (Å²) in [6, 6.07) is 6.96. The lowest BCUT2D eigenvalue weighted by Gasteiger charge is -2.15. The fraction of sp³-hybridized carbons (Fsp3) is 0.429. The highest BCUT2D eigenvalue weighted by Gasteiger charge is 2.15. The molecule has 6 nitrogen and oxygen atoms in total. The Kier molecular flexibility index (Phi) is 6.14. The minimum absolute atomic E-state index is 0.148. The highest BCUT2D eigenvalue weighted by Crippen LogP contribution is 2.10. The van der Waals surface area contributed by atoms with Crippen LogP contribution in [0.2, 0.25) is 0 Å². The highest BCUT2D eigenvalue weighted by atomic mass is 16.2. The predicted molar refractivity (Wildman–Crippen MR) is 77.5 cm³/mol. The summed E-state index contributed by atoms with van der Waals surface area (Å²) < 4.78 is 0. The SMILES string of the molecule is CN(C)Cc1ccccc1CNC(=O)C(N)CC(N)=O. The summed E-state index contributed by atoms with van der Waals surface area (Å²) in [6.07, 6.45) is -0.148. The summed E-state index contributed by atoms with van der Waals surface area (Å²) in [4.78, 5) is 24.5. The predicted octanol–water partition coefficient (Wildman–Crippen LogP) is -0.433. The quantitative estimate of drug-likeness (QED) is 0.629. The Morgan fingerprint density at radius 2 is 1.85 bits per heavy atom. The fourth-order valence-corrected chi connectivity index (χ4v) is 1.85. The molecule has 1 aromatic carbocycles. The first-order valence-electron chi connectivity index (χ1n) is 6.43. The zero-order valence-corrected chi connectivity index (χ0v) is 11.9. The van der Waals surface area contributed by atoms with E-state index in [1.165, 1.54) is 0 Å². The Morgan fingerprint density at radius 3 is 2.40 bits per heavy atom. The lowest BCUT2D eigenvalue weighted by molar-refractivity contribution is -0.126. The van der Waals surface area contributed by atoms with Crippen LogP contribution in [0.5, 0.6) is 0 Å². The van der Waals surface area contributed by atoms with Crippen molar-refractivity contribution in [3.05, 3.63) is 35.4 Å². The molecule has 0 heterocycles. The molecule has 0 radical (unpaired) electrons. The molecule has 110 valence electrons.